The third-order valence-corrected chi connectivity index (χ3v) is 6.97. The Morgan fingerprint density at radius 2 is 1.70 bits per heavy atom. The number of halogens is 1. The summed E-state index contributed by atoms with van der Waals surface area (Å²) in [6.45, 7) is 1.18. The molecule has 6 nitrogen and oxygen atoms in total. The topological polar surface area (TPSA) is 76.3 Å². The number of aromatic nitrogens is 2. The van der Waals surface area contributed by atoms with Gasteiger partial charge in [0.25, 0.3) is 5.89 Å². The van der Waals surface area contributed by atoms with Crippen molar-refractivity contribution in [1.29, 1.82) is 0 Å². The highest BCUT2D eigenvalue weighted by Gasteiger charge is 2.25. The monoisotopic (exact) mass is 447 g/mol. The molecule has 0 radical (unpaired) electrons. The van der Waals surface area contributed by atoms with Gasteiger partial charge in [0.2, 0.25) is 15.8 Å². The lowest BCUT2D eigenvalue weighted by Crippen LogP contribution is -2.35. The van der Waals surface area contributed by atoms with Gasteiger partial charge in [-0.15, -0.1) is 0 Å². The van der Waals surface area contributed by atoms with Crippen molar-refractivity contribution < 1.29 is 12.9 Å². The lowest BCUT2D eigenvalue weighted by Gasteiger charge is -2.25. The van der Waals surface area contributed by atoms with Gasteiger partial charge in [-0.3, -0.25) is 0 Å². The van der Waals surface area contributed by atoms with Crippen molar-refractivity contribution in [2.75, 3.05) is 13.1 Å². The van der Waals surface area contributed by atoms with E-state index in [2.05, 4.69) is 26.1 Å². The fraction of sp³-hybridized carbons (Fsp3) is 0.263. The second-order valence-corrected chi connectivity index (χ2v) is 9.28. The Labute approximate surface area is 166 Å². The zero-order chi connectivity index (χ0) is 18.9. The van der Waals surface area contributed by atoms with Crippen LogP contribution >= 0.6 is 15.9 Å². The van der Waals surface area contributed by atoms with Crippen LogP contribution in [0.2, 0.25) is 0 Å². The van der Waals surface area contributed by atoms with E-state index in [1.807, 2.05) is 24.3 Å². The average molecular weight is 448 g/mol. The van der Waals surface area contributed by atoms with Crippen LogP contribution in [0.15, 0.2) is 62.4 Å². The quantitative estimate of drug-likeness (QED) is 0.594. The SMILES string of the molecule is O=S(=O)(c1ccc(-c2noc(-c3cccc(Br)c3)n2)cc1)N1CCCCC1. The summed E-state index contributed by atoms with van der Waals surface area (Å²) in [5.41, 5.74) is 1.52. The first-order valence-corrected chi connectivity index (χ1v) is 11.0. The molecule has 2 aromatic carbocycles. The van der Waals surface area contributed by atoms with Crippen LogP contribution in [-0.2, 0) is 10.0 Å². The maximum absolute atomic E-state index is 12.7. The Morgan fingerprint density at radius 3 is 2.41 bits per heavy atom. The molecule has 0 aliphatic carbocycles. The summed E-state index contributed by atoms with van der Waals surface area (Å²) in [6.07, 6.45) is 2.92. The molecular formula is C19H18BrN3O3S. The number of piperidine rings is 1. The summed E-state index contributed by atoms with van der Waals surface area (Å²) in [5, 5.41) is 4.01. The number of sulfonamides is 1. The van der Waals surface area contributed by atoms with E-state index in [0.717, 1.165) is 29.3 Å². The molecule has 8 heteroatoms. The molecule has 0 saturated carbocycles. The van der Waals surface area contributed by atoms with Gasteiger partial charge in [0.15, 0.2) is 0 Å². The maximum Gasteiger partial charge on any atom is 0.258 e. The van der Waals surface area contributed by atoms with Crippen molar-refractivity contribution in [3.8, 4) is 22.8 Å². The van der Waals surface area contributed by atoms with E-state index < -0.39 is 10.0 Å². The molecule has 0 spiro atoms. The average Bonchev–Trinajstić information content (AvgIpc) is 3.19. The summed E-state index contributed by atoms with van der Waals surface area (Å²) in [4.78, 5) is 4.71. The number of hydrogen-bond donors (Lipinski definition) is 0. The van der Waals surface area contributed by atoms with Crippen LogP contribution in [0.4, 0.5) is 0 Å². The summed E-state index contributed by atoms with van der Waals surface area (Å²) in [5.74, 6) is 0.836. The number of benzene rings is 2. The third-order valence-electron chi connectivity index (χ3n) is 4.56. The highest BCUT2D eigenvalue weighted by atomic mass is 79.9. The van der Waals surface area contributed by atoms with Crippen molar-refractivity contribution in [2.45, 2.75) is 24.2 Å². The second-order valence-electron chi connectivity index (χ2n) is 6.42. The van der Waals surface area contributed by atoms with E-state index in [-0.39, 0.29) is 0 Å². The van der Waals surface area contributed by atoms with Gasteiger partial charge < -0.3 is 4.52 Å². The Bertz CT molecular complexity index is 1040. The summed E-state index contributed by atoms with van der Waals surface area (Å²) in [7, 11) is -3.44. The van der Waals surface area contributed by atoms with Crippen molar-refractivity contribution in [3.05, 3.63) is 53.0 Å². The molecule has 1 aromatic heterocycles. The first-order chi connectivity index (χ1) is 13.0. The molecule has 1 aliphatic heterocycles. The van der Waals surface area contributed by atoms with Gasteiger partial charge in [-0.25, -0.2) is 8.42 Å². The standard InChI is InChI=1S/C19H18BrN3O3S/c20-16-6-4-5-15(13-16)19-21-18(22-26-19)14-7-9-17(10-8-14)27(24,25)23-11-2-1-3-12-23/h4-10,13H,1-3,11-12H2. The fourth-order valence-corrected chi connectivity index (χ4v) is 5.03. The molecule has 1 saturated heterocycles. The van der Waals surface area contributed by atoms with E-state index >= 15 is 0 Å². The molecule has 2 heterocycles. The van der Waals surface area contributed by atoms with Gasteiger partial charge in [0.1, 0.15) is 0 Å². The van der Waals surface area contributed by atoms with Crippen molar-refractivity contribution in [2.24, 2.45) is 0 Å². The Morgan fingerprint density at radius 1 is 0.963 bits per heavy atom. The molecular weight excluding hydrogens is 430 g/mol. The Hall–Kier alpha value is -2.03. The van der Waals surface area contributed by atoms with Crippen LogP contribution in [0.5, 0.6) is 0 Å². The Kier molecular flexibility index (Phi) is 5.12. The fourth-order valence-electron chi connectivity index (χ4n) is 3.11. The van der Waals surface area contributed by atoms with Gasteiger partial charge in [0, 0.05) is 28.7 Å². The molecule has 3 aromatic rings. The number of nitrogens with zero attached hydrogens (tertiary/aromatic N) is 3. The van der Waals surface area contributed by atoms with Crippen LogP contribution in [0, 0.1) is 0 Å². The van der Waals surface area contributed by atoms with Gasteiger partial charge >= 0.3 is 0 Å². The maximum atomic E-state index is 12.7. The van der Waals surface area contributed by atoms with Gasteiger partial charge in [0.05, 0.1) is 4.90 Å². The first-order valence-electron chi connectivity index (χ1n) is 8.74. The lowest BCUT2D eigenvalue weighted by molar-refractivity contribution is 0.346. The van der Waals surface area contributed by atoms with Crippen molar-refractivity contribution in [1.82, 2.24) is 14.4 Å². The summed E-state index contributed by atoms with van der Waals surface area (Å²) < 4.78 is 33.3. The molecule has 0 bridgehead atoms. The molecule has 0 atom stereocenters. The van der Waals surface area contributed by atoms with Gasteiger partial charge in [-0.1, -0.05) is 33.6 Å². The predicted octanol–water partition coefficient (Wildman–Crippen LogP) is 4.34. The minimum absolute atomic E-state index is 0.295. The second kappa shape index (κ2) is 7.53. The number of rotatable bonds is 4. The highest BCUT2D eigenvalue weighted by molar-refractivity contribution is 9.10. The van der Waals surface area contributed by atoms with Crippen LogP contribution < -0.4 is 0 Å². The summed E-state index contributed by atoms with van der Waals surface area (Å²) in [6, 6.07) is 14.2. The normalized spacial score (nSPS) is 15.7. The van der Waals surface area contributed by atoms with Crippen LogP contribution in [-0.4, -0.2) is 36.0 Å². The zero-order valence-corrected chi connectivity index (χ0v) is 16.9. The lowest BCUT2D eigenvalue weighted by atomic mass is 10.2. The van der Waals surface area contributed by atoms with Crippen molar-refractivity contribution in [3.63, 3.8) is 0 Å². The minimum atomic E-state index is -3.44. The molecule has 1 fully saturated rings. The first kappa shape index (κ1) is 18.3. The molecule has 1 aliphatic rings. The van der Waals surface area contributed by atoms with Crippen LogP contribution in [0.1, 0.15) is 19.3 Å². The summed E-state index contributed by atoms with van der Waals surface area (Å²) >= 11 is 3.42. The number of hydrogen-bond acceptors (Lipinski definition) is 5. The van der Waals surface area contributed by atoms with E-state index in [9.17, 15) is 8.42 Å². The molecule has 0 amide bonds. The molecule has 0 unspecified atom stereocenters. The highest BCUT2D eigenvalue weighted by Crippen LogP contribution is 2.26. The van der Waals surface area contributed by atoms with Crippen LogP contribution in [0.3, 0.4) is 0 Å². The van der Waals surface area contributed by atoms with Gasteiger partial charge in [-0.2, -0.15) is 9.29 Å². The van der Waals surface area contributed by atoms with E-state index in [4.69, 9.17) is 4.52 Å². The van der Waals surface area contributed by atoms with Gasteiger partial charge in [-0.05, 0) is 55.3 Å². The molecule has 4 rings (SSSR count). The largest absolute Gasteiger partial charge is 0.334 e. The Balaban J connectivity index is 1.58. The van der Waals surface area contributed by atoms with Crippen LogP contribution in [0.25, 0.3) is 22.8 Å². The molecule has 27 heavy (non-hydrogen) atoms. The van der Waals surface area contributed by atoms with E-state index in [1.165, 1.54) is 0 Å². The minimum Gasteiger partial charge on any atom is -0.334 e. The van der Waals surface area contributed by atoms with Crippen molar-refractivity contribution >= 4 is 26.0 Å². The predicted molar refractivity (Wildman–Crippen MR) is 105 cm³/mol. The smallest absolute Gasteiger partial charge is 0.258 e. The third kappa shape index (κ3) is 3.83. The van der Waals surface area contributed by atoms with E-state index in [0.29, 0.717) is 35.3 Å². The zero-order valence-electron chi connectivity index (χ0n) is 14.5. The molecule has 140 valence electrons. The molecule has 0 N–H and O–H groups in total. The van der Waals surface area contributed by atoms with E-state index in [1.54, 1.807) is 28.6 Å².